The second-order valence-electron chi connectivity index (χ2n) is 4.56. The van der Waals surface area contributed by atoms with E-state index in [0.29, 0.717) is 11.5 Å². The molecule has 0 aliphatic carbocycles. The molecule has 4 nitrogen and oxygen atoms in total. The second kappa shape index (κ2) is 3.00. The van der Waals surface area contributed by atoms with Crippen LogP contribution in [0.4, 0.5) is 0 Å². The zero-order valence-corrected chi connectivity index (χ0v) is 9.75. The van der Waals surface area contributed by atoms with Gasteiger partial charge in [-0.3, -0.25) is 4.89 Å². The first-order chi connectivity index (χ1) is 6.78. The van der Waals surface area contributed by atoms with E-state index < -0.39 is 7.82 Å². The van der Waals surface area contributed by atoms with Crippen molar-refractivity contribution >= 4 is 7.82 Å². The van der Waals surface area contributed by atoms with Crippen molar-refractivity contribution in [3.63, 3.8) is 0 Å². The van der Waals surface area contributed by atoms with Crippen LogP contribution < -0.4 is 9.05 Å². The summed E-state index contributed by atoms with van der Waals surface area (Å²) in [6.07, 6.45) is 0. The summed E-state index contributed by atoms with van der Waals surface area (Å²) in [5, 5.41) is 0. The quantitative estimate of drug-likeness (QED) is 0.693. The van der Waals surface area contributed by atoms with Gasteiger partial charge in [-0.2, -0.15) is 0 Å². The summed E-state index contributed by atoms with van der Waals surface area (Å²) in [6.45, 7) is 6.18. The third-order valence-electron chi connectivity index (χ3n) is 2.24. The summed E-state index contributed by atoms with van der Waals surface area (Å²) in [4.78, 5) is 9.12. The summed E-state index contributed by atoms with van der Waals surface area (Å²) in [6, 6.07) is 5.27. The largest absolute Gasteiger partial charge is 0.585 e. The van der Waals surface area contributed by atoms with Gasteiger partial charge in [0.1, 0.15) is 0 Å². The first kappa shape index (κ1) is 10.5. The van der Waals surface area contributed by atoms with Crippen LogP contribution in [0.15, 0.2) is 18.2 Å². The summed E-state index contributed by atoms with van der Waals surface area (Å²) in [5.41, 5.74) is 1.01. The SMILES string of the molecule is CC(C)(C)c1ccc2c(c1)OP(=O)(O)O2. The number of hydrogen-bond donors (Lipinski definition) is 1. The molecule has 0 fully saturated rings. The van der Waals surface area contributed by atoms with Gasteiger partial charge in [-0.1, -0.05) is 26.8 Å². The number of hydrogen-bond acceptors (Lipinski definition) is 3. The van der Waals surface area contributed by atoms with Crippen LogP contribution in [0.1, 0.15) is 26.3 Å². The van der Waals surface area contributed by atoms with Gasteiger partial charge >= 0.3 is 7.82 Å². The predicted octanol–water partition coefficient (Wildman–Crippen LogP) is 2.86. The highest BCUT2D eigenvalue weighted by atomic mass is 31.2. The van der Waals surface area contributed by atoms with E-state index >= 15 is 0 Å². The molecule has 1 aliphatic rings. The minimum Gasteiger partial charge on any atom is -0.391 e. The predicted molar refractivity (Wildman–Crippen MR) is 56.2 cm³/mol. The fourth-order valence-corrected chi connectivity index (χ4v) is 2.22. The zero-order chi connectivity index (χ0) is 11.3. The molecule has 0 saturated carbocycles. The maximum absolute atomic E-state index is 11.1. The average Bonchev–Trinajstić information content (AvgIpc) is 2.34. The Morgan fingerprint density at radius 3 is 2.40 bits per heavy atom. The maximum atomic E-state index is 11.1. The number of fused-ring (bicyclic) bond motifs is 1. The van der Waals surface area contributed by atoms with Gasteiger partial charge < -0.3 is 9.05 Å². The summed E-state index contributed by atoms with van der Waals surface area (Å²) in [5.74, 6) is 0.669. The monoisotopic (exact) mass is 228 g/mol. The van der Waals surface area contributed by atoms with E-state index in [1.54, 1.807) is 12.1 Å². The lowest BCUT2D eigenvalue weighted by atomic mass is 9.87. The smallest absolute Gasteiger partial charge is 0.391 e. The van der Waals surface area contributed by atoms with Crippen molar-refractivity contribution in [3.05, 3.63) is 23.8 Å². The molecule has 1 heterocycles. The Bertz CT molecular complexity index is 447. The molecule has 0 saturated heterocycles. The molecule has 0 bridgehead atoms. The van der Waals surface area contributed by atoms with Crippen molar-refractivity contribution in [2.45, 2.75) is 26.2 Å². The molecule has 0 aromatic heterocycles. The summed E-state index contributed by atoms with van der Waals surface area (Å²) >= 11 is 0. The van der Waals surface area contributed by atoms with Crippen LogP contribution in [0.3, 0.4) is 0 Å². The molecular weight excluding hydrogens is 215 g/mol. The third kappa shape index (κ3) is 2.01. The Labute approximate surface area is 88.5 Å². The first-order valence-electron chi connectivity index (χ1n) is 4.64. The molecule has 1 atom stereocenters. The van der Waals surface area contributed by atoms with Crippen molar-refractivity contribution in [1.29, 1.82) is 0 Å². The maximum Gasteiger partial charge on any atom is 0.585 e. The molecule has 1 unspecified atom stereocenters. The standard InChI is InChI=1S/C10H13O4P/c1-10(2,3)7-4-5-8-9(6-7)14-15(11,12)13-8/h4-6H,1-3H3,(H,11,12). The third-order valence-corrected chi connectivity index (χ3v) is 3.09. The van der Waals surface area contributed by atoms with Gasteiger partial charge in [0, 0.05) is 0 Å². The van der Waals surface area contributed by atoms with Gasteiger partial charge in [0.25, 0.3) is 0 Å². The molecule has 1 N–H and O–H groups in total. The summed E-state index contributed by atoms with van der Waals surface area (Å²) < 4.78 is 20.7. The number of benzene rings is 1. The molecule has 0 spiro atoms. The van der Waals surface area contributed by atoms with E-state index in [9.17, 15) is 4.57 Å². The van der Waals surface area contributed by atoms with Crippen molar-refractivity contribution < 1.29 is 18.5 Å². The lowest BCUT2D eigenvalue weighted by molar-refractivity contribution is 0.324. The van der Waals surface area contributed by atoms with Crippen LogP contribution >= 0.6 is 7.82 Å². The average molecular weight is 228 g/mol. The number of phosphoric ester groups is 1. The van der Waals surface area contributed by atoms with E-state index in [4.69, 9.17) is 13.9 Å². The number of phosphoric acid groups is 1. The van der Waals surface area contributed by atoms with Gasteiger partial charge in [0.05, 0.1) is 0 Å². The Morgan fingerprint density at radius 2 is 1.80 bits per heavy atom. The van der Waals surface area contributed by atoms with Crippen LogP contribution in [0.2, 0.25) is 0 Å². The van der Waals surface area contributed by atoms with Crippen molar-refractivity contribution in [2.24, 2.45) is 0 Å². The van der Waals surface area contributed by atoms with Crippen molar-refractivity contribution in [3.8, 4) is 11.5 Å². The second-order valence-corrected chi connectivity index (χ2v) is 5.86. The molecule has 1 aliphatic heterocycles. The van der Waals surface area contributed by atoms with E-state index in [1.165, 1.54) is 0 Å². The highest BCUT2D eigenvalue weighted by Gasteiger charge is 2.35. The highest BCUT2D eigenvalue weighted by Crippen LogP contribution is 2.55. The van der Waals surface area contributed by atoms with Crippen LogP contribution in [0, 0.1) is 0 Å². The highest BCUT2D eigenvalue weighted by molar-refractivity contribution is 7.48. The lowest BCUT2D eigenvalue weighted by Gasteiger charge is -2.18. The van der Waals surface area contributed by atoms with Gasteiger partial charge in [-0.25, -0.2) is 4.57 Å². The van der Waals surface area contributed by atoms with Gasteiger partial charge in [0.2, 0.25) is 0 Å². The van der Waals surface area contributed by atoms with Gasteiger partial charge in [0.15, 0.2) is 11.5 Å². The topological polar surface area (TPSA) is 55.8 Å². The Hall–Kier alpha value is -0.990. The van der Waals surface area contributed by atoms with Crippen LogP contribution in [-0.4, -0.2) is 4.89 Å². The van der Waals surface area contributed by atoms with E-state index in [1.807, 2.05) is 6.07 Å². The molecule has 0 amide bonds. The summed E-state index contributed by atoms with van der Waals surface area (Å²) in [7, 11) is -3.90. The van der Waals surface area contributed by atoms with E-state index in [0.717, 1.165) is 5.56 Å². The van der Waals surface area contributed by atoms with E-state index in [-0.39, 0.29) is 5.41 Å². The molecule has 1 aromatic carbocycles. The normalized spacial score (nSPS) is 24.3. The molecule has 2 rings (SSSR count). The Balaban J connectivity index is 2.43. The first-order valence-corrected chi connectivity index (χ1v) is 6.14. The molecular formula is C10H13O4P. The fourth-order valence-electron chi connectivity index (χ4n) is 1.39. The minimum atomic E-state index is -3.90. The van der Waals surface area contributed by atoms with Crippen LogP contribution in [0.25, 0.3) is 0 Å². The molecule has 82 valence electrons. The Kier molecular flexibility index (Phi) is 2.11. The zero-order valence-electron chi connectivity index (χ0n) is 8.85. The van der Waals surface area contributed by atoms with E-state index in [2.05, 4.69) is 20.8 Å². The van der Waals surface area contributed by atoms with Crippen molar-refractivity contribution in [2.75, 3.05) is 0 Å². The Morgan fingerprint density at radius 1 is 1.20 bits per heavy atom. The fraction of sp³-hybridized carbons (Fsp3) is 0.400. The molecule has 5 heteroatoms. The van der Waals surface area contributed by atoms with Crippen LogP contribution in [-0.2, 0) is 9.98 Å². The van der Waals surface area contributed by atoms with Crippen molar-refractivity contribution in [1.82, 2.24) is 0 Å². The van der Waals surface area contributed by atoms with Gasteiger partial charge in [-0.05, 0) is 23.1 Å². The van der Waals surface area contributed by atoms with Crippen LogP contribution in [0.5, 0.6) is 11.5 Å². The molecule has 0 radical (unpaired) electrons. The van der Waals surface area contributed by atoms with Gasteiger partial charge in [-0.15, -0.1) is 0 Å². The lowest BCUT2D eigenvalue weighted by Crippen LogP contribution is -2.10. The molecule has 15 heavy (non-hydrogen) atoms. The molecule has 1 aromatic rings. The minimum absolute atomic E-state index is 0.0274. The number of rotatable bonds is 0.